The minimum atomic E-state index is -0.629. The summed E-state index contributed by atoms with van der Waals surface area (Å²) in [6.45, 7) is 10.7. The van der Waals surface area contributed by atoms with Gasteiger partial charge in [-0.25, -0.2) is 0 Å². The molecule has 0 radical (unpaired) electrons. The minimum absolute atomic E-state index is 0.352. The molecule has 0 amide bonds. The summed E-state index contributed by atoms with van der Waals surface area (Å²) >= 11 is 0. The molecule has 0 saturated heterocycles. The molecule has 0 aromatic carbocycles. The van der Waals surface area contributed by atoms with E-state index in [2.05, 4.69) is 31.1 Å². The standard InChI is InChI=1S/C15H26N2O2/c1-10-5-6-13(16-18)15(4,17-19)8-7-12-11(10)9-14(12,2)3/h11-12,17-19H,1,5-9H2,2-4H3/b16-13+. The third-order valence-electron chi connectivity index (χ3n) is 5.40. The largest absolute Gasteiger partial charge is 0.411 e. The van der Waals surface area contributed by atoms with Crippen molar-refractivity contribution in [3.8, 4) is 0 Å². The predicted octanol–water partition coefficient (Wildman–Crippen LogP) is 3.35. The molecule has 0 heterocycles. The lowest BCUT2D eigenvalue weighted by Crippen LogP contribution is -2.49. The van der Waals surface area contributed by atoms with Crippen LogP contribution in [-0.2, 0) is 0 Å². The fourth-order valence-electron chi connectivity index (χ4n) is 3.87. The molecule has 4 heteroatoms. The van der Waals surface area contributed by atoms with E-state index in [-0.39, 0.29) is 0 Å². The topological polar surface area (TPSA) is 64.9 Å². The molecule has 2 fully saturated rings. The quantitative estimate of drug-likeness (QED) is 0.387. The van der Waals surface area contributed by atoms with Gasteiger partial charge in [0.2, 0.25) is 0 Å². The second-order valence-electron chi connectivity index (χ2n) is 7.09. The zero-order valence-electron chi connectivity index (χ0n) is 12.2. The highest BCUT2D eigenvalue weighted by Gasteiger charge is 2.49. The number of rotatable bonds is 1. The van der Waals surface area contributed by atoms with Gasteiger partial charge in [-0.05, 0) is 56.3 Å². The summed E-state index contributed by atoms with van der Waals surface area (Å²) < 4.78 is 0. The van der Waals surface area contributed by atoms with E-state index in [4.69, 9.17) is 0 Å². The Balaban J connectivity index is 2.24. The van der Waals surface area contributed by atoms with Crippen molar-refractivity contribution in [1.82, 2.24) is 5.48 Å². The Bertz CT molecular complexity index is 403. The number of allylic oxidation sites excluding steroid dienone is 1. The Hall–Kier alpha value is -0.870. The number of hydrogen-bond donors (Lipinski definition) is 3. The Morgan fingerprint density at radius 1 is 1.32 bits per heavy atom. The molecule has 0 aromatic heterocycles. The van der Waals surface area contributed by atoms with Gasteiger partial charge in [-0.2, -0.15) is 5.48 Å². The lowest BCUT2D eigenvalue weighted by molar-refractivity contribution is -0.00532. The lowest BCUT2D eigenvalue weighted by atomic mass is 9.52. The molecule has 2 aliphatic rings. The fourth-order valence-corrected chi connectivity index (χ4v) is 3.87. The summed E-state index contributed by atoms with van der Waals surface area (Å²) in [7, 11) is 0. The van der Waals surface area contributed by atoms with E-state index < -0.39 is 5.54 Å². The van der Waals surface area contributed by atoms with Gasteiger partial charge in [0.25, 0.3) is 0 Å². The van der Waals surface area contributed by atoms with Crippen molar-refractivity contribution < 1.29 is 10.4 Å². The van der Waals surface area contributed by atoms with Crippen LogP contribution in [0, 0.1) is 17.3 Å². The number of hydroxylamine groups is 1. The molecule has 3 atom stereocenters. The van der Waals surface area contributed by atoms with Crippen LogP contribution in [0.4, 0.5) is 0 Å². The van der Waals surface area contributed by atoms with Crippen molar-refractivity contribution in [2.75, 3.05) is 0 Å². The van der Waals surface area contributed by atoms with Crippen LogP contribution in [0.2, 0.25) is 0 Å². The Morgan fingerprint density at radius 2 is 2.00 bits per heavy atom. The number of hydrogen-bond acceptors (Lipinski definition) is 4. The monoisotopic (exact) mass is 266 g/mol. The van der Waals surface area contributed by atoms with E-state index in [0.717, 1.165) is 19.3 Å². The molecule has 108 valence electrons. The molecule has 19 heavy (non-hydrogen) atoms. The first kappa shape index (κ1) is 14.5. The summed E-state index contributed by atoms with van der Waals surface area (Å²) in [5.74, 6) is 1.21. The molecule has 2 rings (SSSR count). The first-order valence-electron chi connectivity index (χ1n) is 7.14. The minimum Gasteiger partial charge on any atom is -0.411 e. The Morgan fingerprint density at radius 3 is 2.53 bits per heavy atom. The van der Waals surface area contributed by atoms with Crippen molar-refractivity contribution in [3.63, 3.8) is 0 Å². The molecular formula is C15H26N2O2. The van der Waals surface area contributed by atoms with Crippen molar-refractivity contribution in [1.29, 1.82) is 0 Å². The van der Waals surface area contributed by atoms with Crippen LogP contribution in [0.3, 0.4) is 0 Å². The molecule has 2 saturated carbocycles. The molecule has 3 unspecified atom stereocenters. The van der Waals surface area contributed by atoms with Crippen LogP contribution in [0.1, 0.15) is 52.9 Å². The second-order valence-corrected chi connectivity index (χ2v) is 7.09. The summed E-state index contributed by atoms with van der Waals surface area (Å²) in [6, 6.07) is 0. The average Bonchev–Trinajstić information content (AvgIpc) is 2.39. The van der Waals surface area contributed by atoms with Crippen molar-refractivity contribution in [2.45, 2.75) is 58.4 Å². The number of fused-ring (bicyclic) bond motifs is 1. The highest BCUT2D eigenvalue weighted by atomic mass is 16.5. The van der Waals surface area contributed by atoms with Crippen LogP contribution in [0.5, 0.6) is 0 Å². The fraction of sp³-hybridized carbons (Fsp3) is 0.800. The molecule has 0 spiro atoms. The first-order valence-corrected chi connectivity index (χ1v) is 7.14. The zero-order chi connectivity index (χ0) is 14.3. The van der Waals surface area contributed by atoms with E-state index in [1.54, 1.807) is 0 Å². The average molecular weight is 266 g/mol. The van der Waals surface area contributed by atoms with Crippen molar-refractivity contribution >= 4 is 5.71 Å². The molecule has 0 bridgehead atoms. The van der Waals surface area contributed by atoms with Gasteiger partial charge >= 0.3 is 0 Å². The van der Waals surface area contributed by atoms with Gasteiger partial charge in [0.1, 0.15) is 0 Å². The first-order chi connectivity index (χ1) is 8.84. The van der Waals surface area contributed by atoms with Gasteiger partial charge < -0.3 is 10.4 Å². The van der Waals surface area contributed by atoms with Gasteiger partial charge in [0.15, 0.2) is 0 Å². The lowest BCUT2D eigenvalue weighted by Gasteiger charge is -2.53. The maximum absolute atomic E-state index is 9.46. The van der Waals surface area contributed by atoms with Gasteiger partial charge in [-0.1, -0.05) is 31.2 Å². The summed E-state index contributed by atoms with van der Waals surface area (Å²) in [6.07, 6.45) is 4.49. The van der Waals surface area contributed by atoms with Gasteiger partial charge in [-0.3, -0.25) is 0 Å². The zero-order valence-corrected chi connectivity index (χ0v) is 12.2. The van der Waals surface area contributed by atoms with E-state index in [9.17, 15) is 10.4 Å². The molecule has 4 nitrogen and oxygen atoms in total. The molecule has 2 aliphatic carbocycles. The molecule has 0 aliphatic heterocycles. The molecule has 0 aromatic rings. The number of nitrogens with one attached hydrogen (secondary N) is 1. The Labute approximate surface area is 115 Å². The predicted molar refractivity (Wildman–Crippen MR) is 75.5 cm³/mol. The Kier molecular flexibility index (Phi) is 3.76. The summed E-state index contributed by atoms with van der Waals surface area (Å²) in [5, 5.41) is 22.1. The third kappa shape index (κ3) is 2.43. The van der Waals surface area contributed by atoms with Crippen molar-refractivity contribution in [2.24, 2.45) is 22.4 Å². The number of nitrogens with zero attached hydrogens (tertiary/aromatic N) is 1. The van der Waals surface area contributed by atoms with Crippen LogP contribution in [0.15, 0.2) is 17.3 Å². The van der Waals surface area contributed by atoms with E-state index in [1.165, 1.54) is 12.0 Å². The summed E-state index contributed by atoms with van der Waals surface area (Å²) in [5.41, 5.74) is 3.97. The normalized spacial score (nSPS) is 40.8. The highest BCUT2D eigenvalue weighted by molar-refractivity contribution is 5.92. The number of oxime groups is 1. The second kappa shape index (κ2) is 4.91. The van der Waals surface area contributed by atoms with E-state index >= 15 is 0 Å². The molecule has 3 N–H and O–H groups in total. The van der Waals surface area contributed by atoms with Crippen LogP contribution < -0.4 is 5.48 Å². The van der Waals surface area contributed by atoms with E-state index in [0.29, 0.717) is 29.4 Å². The van der Waals surface area contributed by atoms with Crippen LogP contribution in [0.25, 0.3) is 0 Å². The van der Waals surface area contributed by atoms with Gasteiger partial charge in [0.05, 0.1) is 11.3 Å². The highest BCUT2D eigenvalue weighted by Crippen LogP contribution is 2.56. The maximum Gasteiger partial charge on any atom is 0.0815 e. The summed E-state index contributed by atoms with van der Waals surface area (Å²) in [4.78, 5) is 0. The molecular weight excluding hydrogens is 240 g/mol. The SMILES string of the molecule is C=C1CC/C(=N\O)C(C)(NO)CCC2C1CC2(C)C. The van der Waals surface area contributed by atoms with E-state index in [1.807, 2.05) is 6.92 Å². The third-order valence-corrected chi connectivity index (χ3v) is 5.40. The van der Waals surface area contributed by atoms with Crippen LogP contribution in [-0.4, -0.2) is 21.7 Å². The van der Waals surface area contributed by atoms with Gasteiger partial charge in [0, 0.05) is 0 Å². The van der Waals surface area contributed by atoms with Gasteiger partial charge in [-0.15, -0.1) is 0 Å². The smallest absolute Gasteiger partial charge is 0.0815 e. The van der Waals surface area contributed by atoms with Crippen LogP contribution >= 0.6 is 0 Å². The van der Waals surface area contributed by atoms with Crippen molar-refractivity contribution in [3.05, 3.63) is 12.2 Å². The maximum atomic E-state index is 9.46.